The van der Waals surface area contributed by atoms with Crippen LogP contribution in [0.3, 0.4) is 0 Å². The lowest BCUT2D eigenvalue weighted by atomic mass is 10.00. The molecule has 1 fully saturated rings. The van der Waals surface area contributed by atoms with Crippen molar-refractivity contribution in [2.75, 3.05) is 5.75 Å². The zero-order chi connectivity index (χ0) is 16.9. The highest BCUT2D eigenvalue weighted by atomic mass is 32.2. The topological polar surface area (TPSA) is 88.1 Å². The quantitative estimate of drug-likeness (QED) is 0.549. The van der Waals surface area contributed by atoms with Crippen LogP contribution in [-0.2, 0) is 33.3 Å². The van der Waals surface area contributed by atoms with Crippen LogP contribution in [0.5, 0.6) is 0 Å². The van der Waals surface area contributed by atoms with Gasteiger partial charge < -0.3 is 18.9 Å². The van der Waals surface area contributed by atoms with E-state index in [1.165, 1.54) is 32.5 Å². The Kier molecular flexibility index (Phi) is 7.15. The Morgan fingerprint density at radius 1 is 0.909 bits per heavy atom. The summed E-state index contributed by atoms with van der Waals surface area (Å²) in [6.45, 7) is 7.42. The van der Waals surface area contributed by atoms with E-state index in [0.29, 0.717) is 0 Å². The molecule has 0 aromatic heterocycles. The van der Waals surface area contributed by atoms with Gasteiger partial charge in [-0.3, -0.25) is 14.4 Å². The van der Waals surface area contributed by atoms with E-state index >= 15 is 0 Å². The van der Waals surface area contributed by atoms with Gasteiger partial charge >= 0.3 is 17.9 Å². The summed E-state index contributed by atoms with van der Waals surface area (Å²) >= 11 is 1.43. The predicted octanol–water partition coefficient (Wildman–Crippen LogP) is 1.28. The smallest absolute Gasteiger partial charge is 0.303 e. The maximum Gasteiger partial charge on any atom is 0.303 e. The van der Waals surface area contributed by atoms with E-state index in [9.17, 15) is 14.4 Å². The molecule has 0 amide bonds. The first-order chi connectivity index (χ1) is 10.3. The average Bonchev–Trinajstić information content (AvgIpc) is 2.37. The highest BCUT2D eigenvalue weighted by Crippen LogP contribution is 2.33. The number of thioether (sulfide) groups is 1. The minimum atomic E-state index is -0.905. The molecular weight excluding hydrogens is 312 g/mol. The molecule has 0 aromatic carbocycles. The third-order valence-corrected chi connectivity index (χ3v) is 4.01. The maximum absolute atomic E-state index is 11.4. The molecule has 3 unspecified atom stereocenters. The summed E-state index contributed by atoms with van der Waals surface area (Å²) in [6.07, 6.45) is -3.08. The fraction of sp³-hybridized carbons (Fsp3) is 0.786. The fourth-order valence-corrected chi connectivity index (χ4v) is 3.25. The van der Waals surface area contributed by atoms with E-state index in [4.69, 9.17) is 18.9 Å². The molecule has 1 heterocycles. The Labute approximate surface area is 134 Å². The molecule has 8 heteroatoms. The molecule has 1 aliphatic rings. The number of carbonyl (C=O) groups excluding carboxylic acids is 3. The summed E-state index contributed by atoms with van der Waals surface area (Å²) in [5.41, 5.74) is -0.500. The minimum absolute atomic E-state index is 0.496. The third-order valence-electron chi connectivity index (χ3n) is 2.96. The molecule has 22 heavy (non-hydrogen) atoms. The van der Waals surface area contributed by atoms with Crippen molar-refractivity contribution in [3.8, 4) is 0 Å². The van der Waals surface area contributed by atoms with Gasteiger partial charge in [0.2, 0.25) is 0 Å². The van der Waals surface area contributed by atoms with Crippen molar-refractivity contribution in [2.24, 2.45) is 0 Å². The van der Waals surface area contributed by atoms with Crippen molar-refractivity contribution in [2.45, 2.75) is 64.5 Å². The summed E-state index contributed by atoms with van der Waals surface area (Å²) in [7, 11) is 0. The van der Waals surface area contributed by atoms with Crippen LogP contribution in [-0.4, -0.2) is 53.5 Å². The van der Waals surface area contributed by atoms with Crippen LogP contribution in [0, 0.1) is 0 Å². The van der Waals surface area contributed by atoms with Crippen LogP contribution >= 0.6 is 11.8 Å². The van der Waals surface area contributed by atoms with E-state index in [1.807, 2.05) is 6.92 Å². The van der Waals surface area contributed by atoms with Crippen LogP contribution < -0.4 is 0 Å². The molecule has 0 aromatic rings. The third kappa shape index (κ3) is 5.17. The van der Waals surface area contributed by atoms with E-state index in [0.717, 1.165) is 5.75 Å². The molecule has 0 saturated carbocycles. The monoisotopic (exact) mass is 334 g/mol. The SMILES string of the molecule is CCS[C@@H]1OC(C)[C@H](OC(C)=O)C(OC(C)=O)C1OC(C)=O. The Morgan fingerprint density at radius 3 is 1.82 bits per heavy atom. The molecule has 0 bridgehead atoms. The zero-order valence-electron chi connectivity index (χ0n) is 13.4. The Bertz CT molecular complexity index is 425. The number of rotatable bonds is 5. The van der Waals surface area contributed by atoms with E-state index in [2.05, 4.69) is 0 Å². The van der Waals surface area contributed by atoms with Crippen LogP contribution in [0.2, 0.25) is 0 Å². The molecule has 0 radical (unpaired) electrons. The van der Waals surface area contributed by atoms with Gasteiger partial charge in [0, 0.05) is 20.8 Å². The summed E-state index contributed by atoms with van der Waals surface area (Å²) in [5, 5.41) is 0. The van der Waals surface area contributed by atoms with E-state index in [-0.39, 0.29) is 0 Å². The van der Waals surface area contributed by atoms with Gasteiger partial charge in [0.1, 0.15) is 5.44 Å². The number of esters is 3. The molecule has 7 nitrogen and oxygen atoms in total. The summed E-state index contributed by atoms with van der Waals surface area (Å²) < 4.78 is 21.6. The normalized spacial score (nSPS) is 31.2. The van der Waals surface area contributed by atoms with Crippen LogP contribution in [0.1, 0.15) is 34.6 Å². The van der Waals surface area contributed by atoms with Gasteiger partial charge in [-0.25, -0.2) is 0 Å². The predicted molar refractivity (Wildman–Crippen MR) is 79.1 cm³/mol. The second-order valence-corrected chi connectivity index (χ2v) is 6.26. The van der Waals surface area contributed by atoms with Gasteiger partial charge in [-0.15, -0.1) is 11.8 Å². The van der Waals surface area contributed by atoms with Gasteiger partial charge in [-0.1, -0.05) is 6.92 Å². The fourth-order valence-electron chi connectivity index (χ4n) is 2.27. The molecule has 0 spiro atoms. The molecular formula is C14H22O7S. The summed E-state index contributed by atoms with van der Waals surface area (Å²) in [5.74, 6) is -0.877. The van der Waals surface area contributed by atoms with Crippen LogP contribution in [0.15, 0.2) is 0 Å². The number of carbonyl (C=O) groups is 3. The lowest BCUT2D eigenvalue weighted by Crippen LogP contribution is -2.59. The Morgan fingerprint density at radius 2 is 1.36 bits per heavy atom. The number of hydrogen-bond donors (Lipinski definition) is 0. The van der Waals surface area contributed by atoms with Crippen molar-refractivity contribution in [3.05, 3.63) is 0 Å². The standard InChI is InChI=1S/C14H22O7S/c1-6-22-14-13(21-10(5)17)12(20-9(4)16)11(7(2)18-14)19-8(3)15/h7,11-14H,6H2,1-5H3/t7?,11-,12?,13?,14-/m0/s1. The average molecular weight is 334 g/mol. The molecule has 5 atom stereocenters. The molecule has 0 N–H and O–H groups in total. The van der Waals surface area contributed by atoms with Gasteiger partial charge in [0.15, 0.2) is 18.3 Å². The van der Waals surface area contributed by atoms with Crippen molar-refractivity contribution < 1.29 is 33.3 Å². The van der Waals surface area contributed by atoms with Gasteiger partial charge in [-0.2, -0.15) is 0 Å². The Hall–Kier alpha value is -1.28. The first kappa shape index (κ1) is 18.8. The molecule has 1 saturated heterocycles. The van der Waals surface area contributed by atoms with Gasteiger partial charge in [0.05, 0.1) is 6.10 Å². The Balaban J connectivity index is 3.09. The van der Waals surface area contributed by atoms with Gasteiger partial charge in [0.25, 0.3) is 0 Å². The molecule has 126 valence electrons. The van der Waals surface area contributed by atoms with Crippen molar-refractivity contribution in [1.82, 2.24) is 0 Å². The second-order valence-electron chi connectivity index (χ2n) is 4.89. The second kappa shape index (κ2) is 8.38. The van der Waals surface area contributed by atoms with E-state index in [1.54, 1.807) is 6.92 Å². The number of hydrogen-bond acceptors (Lipinski definition) is 8. The van der Waals surface area contributed by atoms with Crippen LogP contribution in [0.4, 0.5) is 0 Å². The molecule has 1 rings (SSSR count). The van der Waals surface area contributed by atoms with Gasteiger partial charge in [-0.05, 0) is 12.7 Å². The lowest BCUT2D eigenvalue weighted by molar-refractivity contribution is -0.228. The summed E-state index contributed by atoms with van der Waals surface area (Å²) in [4.78, 5) is 34.1. The minimum Gasteiger partial charge on any atom is -0.456 e. The first-order valence-electron chi connectivity index (χ1n) is 7.05. The van der Waals surface area contributed by atoms with Crippen molar-refractivity contribution in [1.29, 1.82) is 0 Å². The van der Waals surface area contributed by atoms with Crippen molar-refractivity contribution in [3.63, 3.8) is 0 Å². The highest BCUT2D eigenvalue weighted by Gasteiger charge is 2.50. The van der Waals surface area contributed by atoms with Crippen LogP contribution in [0.25, 0.3) is 0 Å². The lowest BCUT2D eigenvalue weighted by Gasteiger charge is -2.43. The van der Waals surface area contributed by atoms with E-state index < -0.39 is 47.8 Å². The highest BCUT2D eigenvalue weighted by molar-refractivity contribution is 7.99. The maximum atomic E-state index is 11.4. The largest absolute Gasteiger partial charge is 0.456 e. The first-order valence-corrected chi connectivity index (χ1v) is 8.09. The number of ether oxygens (including phenoxy) is 4. The van der Waals surface area contributed by atoms with Crippen molar-refractivity contribution >= 4 is 29.7 Å². The zero-order valence-corrected chi connectivity index (χ0v) is 14.2. The molecule has 1 aliphatic heterocycles. The molecule has 0 aliphatic carbocycles. The summed E-state index contributed by atoms with van der Waals surface area (Å²) in [6, 6.07) is 0.